The highest BCUT2D eigenvalue weighted by atomic mass is 32.2. The molecule has 0 aliphatic carbocycles. The van der Waals surface area contributed by atoms with Crippen LogP contribution in [0.4, 0.5) is 0 Å². The monoisotopic (exact) mass is 340 g/mol. The maximum Gasteiger partial charge on any atom is 0.0122 e. The molecule has 24 heavy (non-hydrogen) atoms. The van der Waals surface area contributed by atoms with Crippen LogP contribution < -0.4 is 0 Å². The van der Waals surface area contributed by atoms with Gasteiger partial charge in [-0.2, -0.15) is 0 Å². The standard InChI is InChI=1S/C23H32S/c1-22(2,3)16-15-18-7-11-20(12-8-18)24-21-13-9-19(10-14-21)17-23(4,5)6/h7-14H,15-17H2,1-6H3. The molecule has 0 N–H and O–H groups in total. The van der Waals surface area contributed by atoms with Crippen LogP contribution in [0.25, 0.3) is 0 Å². The zero-order valence-corrected chi connectivity index (χ0v) is 17.0. The van der Waals surface area contributed by atoms with E-state index in [0.29, 0.717) is 10.8 Å². The third kappa shape index (κ3) is 7.13. The summed E-state index contributed by atoms with van der Waals surface area (Å²) >= 11 is 1.85. The first-order valence-electron chi connectivity index (χ1n) is 8.97. The molecule has 0 saturated heterocycles. The molecule has 0 unspecified atom stereocenters. The molecule has 2 rings (SSSR count). The highest BCUT2D eigenvalue weighted by molar-refractivity contribution is 7.99. The second-order valence-corrected chi connectivity index (χ2v) is 10.3. The average molecular weight is 341 g/mol. The summed E-state index contributed by atoms with van der Waals surface area (Å²) in [5.74, 6) is 0. The molecule has 0 atom stereocenters. The van der Waals surface area contributed by atoms with Crippen LogP contribution in [0.15, 0.2) is 58.3 Å². The van der Waals surface area contributed by atoms with Gasteiger partial charge in [-0.15, -0.1) is 0 Å². The highest BCUT2D eigenvalue weighted by Gasteiger charge is 2.11. The minimum Gasteiger partial charge on any atom is -0.0901 e. The Labute approximate surface area is 153 Å². The van der Waals surface area contributed by atoms with Crippen molar-refractivity contribution in [2.75, 3.05) is 0 Å². The summed E-state index contributed by atoms with van der Waals surface area (Å²) in [5.41, 5.74) is 3.61. The third-order valence-electron chi connectivity index (χ3n) is 3.98. The number of rotatable bonds is 5. The first kappa shape index (κ1) is 19.1. The second-order valence-electron chi connectivity index (χ2n) is 9.19. The minimum absolute atomic E-state index is 0.345. The zero-order chi connectivity index (χ0) is 17.8. The van der Waals surface area contributed by atoms with Gasteiger partial charge in [-0.05, 0) is 65.5 Å². The molecule has 0 bridgehead atoms. The molecular formula is C23H32S. The Kier molecular flexibility index (Phi) is 6.20. The van der Waals surface area contributed by atoms with Crippen molar-refractivity contribution in [1.82, 2.24) is 0 Å². The van der Waals surface area contributed by atoms with Crippen molar-refractivity contribution < 1.29 is 0 Å². The molecule has 0 saturated carbocycles. The number of aryl methyl sites for hydroxylation is 1. The maximum atomic E-state index is 2.31. The lowest BCUT2D eigenvalue weighted by Gasteiger charge is -2.18. The fraction of sp³-hybridized carbons (Fsp3) is 0.478. The van der Waals surface area contributed by atoms with E-state index >= 15 is 0 Å². The first-order valence-corrected chi connectivity index (χ1v) is 9.78. The third-order valence-corrected chi connectivity index (χ3v) is 5.00. The van der Waals surface area contributed by atoms with Crippen LogP contribution in [0.1, 0.15) is 59.1 Å². The maximum absolute atomic E-state index is 2.31. The van der Waals surface area contributed by atoms with Crippen LogP contribution in [0, 0.1) is 10.8 Å². The zero-order valence-electron chi connectivity index (χ0n) is 16.1. The van der Waals surface area contributed by atoms with Gasteiger partial charge in [0.15, 0.2) is 0 Å². The smallest absolute Gasteiger partial charge is 0.0122 e. The van der Waals surface area contributed by atoms with Gasteiger partial charge in [0, 0.05) is 9.79 Å². The van der Waals surface area contributed by atoms with Crippen molar-refractivity contribution >= 4 is 11.8 Å². The Morgan fingerprint density at radius 2 is 1.08 bits per heavy atom. The lowest BCUT2D eigenvalue weighted by molar-refractivity contribution is 0.378. The molecule has 2 aromatic carbocycles. The number of benzene rings is 2. The molecular weight excluding hydrogens is 308 g/mol. The molecule has 0 fully saturated rings. The molecule has 0 amide bonds. The topological polar surface area (TPSA) is 0 Å². The largest absolute Gasteiger partial charge is 0.0901 e. The molecule has 0 aromatic heterocycles. The fourth-order valence-corrected chi connectivity index (χ4v) is 3.48. The molecule has 0 aliphatic rings. The van der Waals surface area contributed by atoms with Gasteiger partial charge in [0.05, 0.1) is 0 Å². The van der Waals surface area contributed by atoms with E-state index in [1.807, 2.05) is 11.8 Å². The van der Waals surface area contributed by atoms with Crippen molar-refractivity contribution in [2.24, 2.45) is 10.8 Å². The highest BCUT2D eigenvalue weighted by Crippen LogP contribution is 2.30. The Balaban J connectivity index is 1.94. The van der Waals surface area contributed by atoms with E-state index in [2.05, 4.69) is 90.1 Å². The van der Waals surface area contributed by atoms with E-state index in [4.69, 9.17) is 0 Å². The van der Waals surface area contributed by atoms with Crippen molar-refractivity contribution in [2.45, 2.75) is 70.6 Å². The molecule has 0 radical (unpaired) electrons. The molecule has 0 spiro atoms. The average Bonchev–Trinajstić information content (AvgIpc) is 2.46. The van der Waals surface area contributed by atoms with E-state index in [1.165, 1.54) is 27.3 Å². The van der Waals surface area contributed by atoms with Gasteiger partial charge in [-0.3, -0.25) is 0 Å². The molecule has 0 aliphatic heterocycles. The van der Waals surface area contributed by atoms with E-state index in [0.717, 1.165) is 12.8 Å². The van der Waals surface area contributed by atoms with Gasteiger partial charge < -0.3 is 0 Å². The first-order chi connectivity index (χ1) is 11.1. The predicted octanol–water partition coefficient (Wildman–Crippen LogP) is 7.41. The van der Waals surface area contributed by atoms with Crippen molar-refractivity contribution in [1.29, 1.82) is 0 Å². The summed E-state index contributed by atoms with van der Waals surface area (Å²) in [6, 6.07) is 18.1. The van der Waals surface area contributed by atoms with Crippen molar-refractivity contribution in [3.63, 3.8) is 0 Å². The minimum atomic E-state index is 0.345. The number of hydrogen-bond donors (Lipinski definition) is 0. The second kappa shape index (κ2) is 7.78. The van der Waals surface area contributed by atoms with Gasteiger partial charge in [0.2, 0.25) is 0 Å². The van der Waals surface area contributed by atoms with Crippen LogP contribution in [0.5, 0.6) is 0 Å². The van der Waals surface area contributed by atoms with Crippen molar-refractivity contribution in [3.8, 4) is 0 Å². The van der Waals surface area contributed by atoms with Crippen LogP contribution in [0.3, 0.4) is 0 Å². The lowest BCUT2D eigenvalue weighted by Crippen LogP contribution is -2.08. The van der Waals surface area contributed by atoms with Gasteiger partial charge in [-0.1, -0.05) is 77.6 Å². The Bertz CT molecular complexity index is 622. The van der Waals surface area contributed by atoms with E-state index in [1.54, 1.807) is 0 Å². The van der Waals surface area contributed by atoms with Crippen LogP contribution in [-0.4, -0.2) is 0 Å². The Morgan fingerprint density at radius 3 is 1.50 bits per heavy atom. The normalized spacial score (nSPS) is 12.4. The summed E-state index contributed by atoms with van der Waals surface area (Å²) in [4.78, 5) is 2.63. The molecule has 1 heteroatoms. The Hall–Kier alpha value is -1.21. The van der Waals surface area contributed by atoms with E-state index in [-0.39, 0.29) is 0 Å². The van der Waals surface area contributed by atoms with E-state index in [9.17, 15) is 0 Å². The number of hydrogen-bond acceptors (Lipinski definition) is 1. The van der Waals surface area contributed by atoms with Gasteiger partial charge in [0.25, 0.3) is 0 Å². The van der Waals surface area contributed by atoms with Crippen molar-refractivity contribution in [3.05, 3.63) is 59.7 Å². The van der Waals surface area contributed by atoms with Crippen LogP contribution in [0.2, 0.25) is 0 Å². The Morgan fingerprint density at radius 1 is 0.625 bits per heavy atom. The van der Waals surface area contributed by atoms with Crippen LogP contribution in [-0.2, 0) is 12.8 Å². The van der Waals surface area contributed by atoms with Crippen LogP contribution >= 0.6 is 11.8 Å². The molecule has 0 heterocycles. The van der Waals surface area contributed by atoms with Gasteiger partial charge in [0.1, 0.15) is 0 Å². The molecule has 130 valence electrons. The van der Waals surface area contributed by atoms with Gasteiger partial charge >= 0.3 is 0 Å². The predicted molar refractivity (Wildman–Crippen MR) is 108 cm³/mol. The SMILES string of the molecule is CC(C)(C)CCc1ccc(Sc2ccc(CC(C)(C)C)cc2)cc1. The summed E-state index contributed by atoms with van der Waals surface area (Å²) in [5, 5.41) is 0. The molecule has 0 nitrogen and oxygen atoms in total. The van der Waals surface area contributed by atoms with E-state index < -0.39 is 0 Å². The fourth-order valence-electron chi connectivity index (χ4n) is 2.67. The summed E-state index contributed by atoms with van der Waals surface area (Å²) < 4.78 is 0. The molecule has 2 aromatic rings. The lowest BCUT2D eigenvalue weighted by atomic mass is 9.88. The summed E-state index contributed by atoms with van der Waals surface area (Å²) in [6.45, 7) is 13.8. The summed E-state index contributed by atoms with van der Waals surface area (Å²) in [6.07, 6.45) is 3.52. The summed E-state index contributed by atoms with van der Waals surface area (Å²) in [7, 11) is 0. The van der Waals surface area contributed by atoms with Gasteiger partial charge in [-0.25, -0.2) is 0 Å². The quantitative estimate of drug-likeness (QED) is 0.546.